The summed E-state index contributed by atoms with van der Waals surface area (Å²) in [5.74, 6) is 0.947. The van der Waals surface area contributed by atoms with Gasteiger partial charge in [-0.3, -0.25) is 0 Å². The third kappa shape index (κ3) is 2.79. The van der Waals surface area contributed by atoms with Crippen LogP contribution in [-0.4, -0.2) is 11.4 Å². The van der Waals surface area contributed by atoms with Crippen LogP contribution in [0.5, 0.6) is 5.75 Å². The lowest BCUT2D eigenvalue weighted by molar-refractivity contribution is 0.414. The Morgan fingerprint density at radius 1 is 1.00 bits per heavy atom. The molecule has 1 aliphatic rings. The van der Waals surface area contributed by atoms with Crippen molar-refractivity contribution in [1.29, 1.82) is 0 Å². The van der Waals surface area contributed by atoms with Gasteiger partial charge in [-0.1, -0.05) is 29.8 Å². The van der Waals surface area contributed by atoms with Crippen molar-refractivity contribution in [2.75, 3.05) is 7.11 Å². The van der Waals surface area contributed by atoms with E-state index in [0.29, 0.717) is 5.02 Å². The number of hydrogen-bond donors (Lipinski definition) is 0. The number of benzene rings is 2. The summed E-state index contributed by atoms with van der Waals surface area (Å²) in [6, 6.07) is 13.7. The minimum Gasteiger partial charge on any atom is -0.497 e. The molecule has 1 nitrogen and oxygen atoms in total. The van der Waals surface area contributed by atoms with E-state index in [1.54, 1.807) is 7.11 Å². The van der Waals surface area contributed by atoms with Crippen LogP contribution >= 0.6 is 50.7 Å². The second-order valence-corrected chi connectivity index (χ2v) is 7.78. The smallest absolute Gasteiger partial charge is 0.133 e. The highest BCUT2D eigenvalue weighted by Gasteiger charge is 2.64. The topological polar surface area (TPSA) is 9.23 Å². The zero-order valence-corrected chi connectivity index (χ0v) is 15.0. The molecule has 0 amide bonds. The third-order valence-electron chi connectivity index (χ3n) is 3.83. The Hall–Kier alpha value is -0.410. The molecule has 1 aliphatic carbocycles. The Balaban J connectivity index is 1.91. The van der Waals surface area contributed by atoms with Crippen LogP contribution in [0.3, 0.4) is 0 Å². The van der Waals surface area contributed by atoms with Gasteiger partial charge >= 0.3 is 0 Å². The fourth-order valence-electron chi connectivity index (χ4n) is 2.67. The van der Waals surface area contributed by atoms with Crippen LogP contribution in [0, 0.1) is 0 Å². The number of halogens is 4. The van der Waals surface area contributed by atoms with E-state index >= 15 is 0 Å². The van der Waals surface area contributed by atoms with E-state index in [2.05, 4.69) is 15.9 Å². The molecule has 0 bridgehead atoms. The Morgan fingerprint density at radius 2 is 1.57 bits per heavy atom. The lowest BCUT2D eigenvalue weighted by atomic mass is 10.0. The molecule has 0 unspecified atom stereocenters. The number of alkyl halides is 2. The molecule has 0 saturated heterocycles. The monoisotopic (exact) mass is 404 g/mol. The Labute approximate surface area is 147 Å². The van der Waals surface area contributed by atoms with Crippen molar-refractivity contribution in [2.45, 2.75) is 16.2 Å². The predicted molar refractivity (Wildman–Crippen MR) is 92.1 cm³/mol. The molecule has 0 radical (unpaired) electrons. The quantitative estimate of drug-likeness (QED) is 0.554. The van der Waals surface area contributed by atoms with Crippen LogP contribution in [0.1, 0.15) is 23.0 Å². The van der Waals surface area contributed by atoms with Gasteiger partial charge in [0.25, 0.3) is 0 Å². The van der Waals surface area contributed by atoms with Crippen molar-refractivity contribution in [2.24, 2.45) is 0 Å². The maximum absolute atomic E-state index is 6.49. The largest absolute Gasteiger partial charge is 0.497 e. The van der Waals surface area contributed by atoms with E-state index in [1.807, 2.05) is 42.5 Å². The van der Waals surface area contributed by atoms with Crippen molar-refractivity contribution < 1.29 is 4.74 Å². The maximum Gasteiger partial charge on any atom is 0.133 e. The first-order valence-electron chi connectivity index (χ1n) is 6.42. The maximum atomic E-state index is 6.49. The van der Waals surface area contributed by atoms with E-state index in [9.17, 15) is 0 Å². The van der Waals surface area contributed by atoms with Crippen molar-refractivity contribution in [1.82, 2.24) is 0 Å². The molecule has 0 aromatic heterocycles. The van der Waals surface area contributed by atoms with Crippen LogP contribution in [0.15, 0.2) is 46.9 Å². The zero-order valence-electron chi connectivity index (χ0n) is 11.1. The Kier molecular flexibility index (Phi) is 4.17. The van der Waals surface area contributed by atoms with E-state index in [0.717, 1.165) is 21.3 Å². The normalized spacial score (nSPS) is 22.9. The summed E-state index contributed by atoms with van der Waals surface area (Å²) in [7, 11) is 1.65. The molecule has 3 rings (SSSR count). The number of ether oxygens (including phenoxy) is 1. The second-order valence-electron chi connectivity index (χ2n) is 5.08. The molecular formula is C16H12BrCl3O. The van der Waals surface area contributed by atoms with E-state index < -0.39 is 4.33 Å². The fraction of sp³-hybridized carbons (Fsp3) is 0.250. The molecule has 0 heterocycles. The molecule has 1 saturated carbocycles. The molecule has 0 spiro atoms. The molecular weight excluding hydrogens is 394 g/mol. The summed E-state index contributed by atoms with van der Waals surface area (Å²) in [5.41, 5.74) is 2.19. The summed E-state index contributed by atoms with van der Waals surface area (Å²) in [4.78, 5) is 0. The molecule has 2 aromatic carbocycles. The van der Waals surface area contributed by atoms with Crippen molar-refractivity contribution in [3.05, 3.63) is 63.1 Å². The highest BCUT2D eigenvalue weighted by molar-refractivity contribution is 9.10. The van der Waals surface area contributed by atoms with E-state index in [1.165, 1.54) is 0 Å². The summed E-state index contributed by atoms with van der Waals surface area (Å²) in [6.07, 6.45) is 0. The highest BCUT2D eigenvalue weighted by atomic mass is 79.9. The van der Waals surface area contributed by atoms with Gasteiger partial charge in [0.1, 0.15) is 10.1 Å². The van der Waals surface area contributed by atoms with Gasteiger partial charge in [-0.05, 0) is 51.3 Å². The lowest BCUT2D eigenvalue weighted by Crippen LogP contribution is -1.91. The van der Waals surface area contributed by atoms with Gasteiger partial charge in [-0.2, -0.15) is 0 Å². The molecule has 0 N–H and O–H groups in total. The van der Waals surface area contributed by atoms with Crippen LogP contribution in [0.2, 0.25) is 5.02 Å². The standard InChI is InChI=1S/C16H12BrCl3O/c1-21-11-5-2-9(3-6-11)14-15(16(14,19)20)10-4-7-13(18)12(17)8-10/h2-8,14-15H,1H3/t14-,15-/m0/s1. The first-order chi connectivity index (χ1) is 9.95. The van der Waals surface area contributed by atoms with Crippen LogP contribution in [-0.2, 0) is 0 Å². The van der Waals surface area contributed by atoms with E-state index in [4.69, 9.17) is 39.5 Å². The predicted octanol–water partition coefficient (Wildman–Crippen LogP) is 6.17. The lowest BCUT2D eigenvalue weighted by Gasteiger charge is -2.04. The van der Waals surface area contributed by atoms with Gasteiger partial charge in [0.15, 0.2) is 0 Å². The third-order valence-corrected chi connectivity index (χ3v) is 5.99. The number of rotatable bonds is 3. The summed E-state index contributed by atoms with van der Waals surface area (Å²) < 4.78 is 5.24. The van der Waals surface area contributed by atoms with Crippen molar-refractivity contribution in [3.63, 3.8) is 0 Å². The number of hydrogen-bond acceptors (Lipinski definition) is 1. The van der Waals surface area contributed by atoms with Gasteiger partial charge in [0.05, 0.1) is 12.1 Å². The molecule has 5 heteroatoms. The molecule has 21 heavy (non-hydrogen) atoms. The van der Waals surface area contributed by atoms with Crippen LogP contribution in [0.25, 0.3) is 0 Å². The molecule has 2 atom stereocenters. The highest BCUT2D eigenvalue weighted by Crippen LogP contribution is 2.70. The number of methoxy groups -OCH3 is 1. The van der Waals surface area contributed by atoms with Gasteiger partial charge in [0.2, 0.25) is 0 Å². The first kappa shape index (κ1) is 15.5. The summed E-state index contributed by atoms with van der Waals surface area (Å²) >= 11 is 22.5. The average molecular weight is 407 g/mol. The Bertz CT molecular complexity index is 670. The van der Waals surface area contributed by atoms with Gasteiger partial charge < -0.3 is 4.74 Å². The molecule has 110 valence electrons. The molecule has 1 fully saturated rings. The van der Waals surface area contributed by atoms with Gasteiger partial charge in [-0.25, -0.2) is 0 Å². The second kappa shape index (κ2) is 5.66. The van der Waals surface area contributed by atoms with Crippen molar-refractivity contribution in [3.8, 4) is 5.75 Å². The van der Waals surface area contributed by atoms with Crippen LogP contribution < -0.4 is 4.74 Å². The summed E-state index contributed by atoms with van der Waals surface area (Å²) in [5, 5.41) is 0.676. The SMILES string of the molecule is COc1ccc([C@H]2[C@H](c3ccc(Cl)c(Br)c3)C2(Cl)Cl)cc1. The Morgan fingerprint density at radius 3 is 2.14 bits per heavy atom. The van der Waals surface area contributed by atoms with Crippen LogP contribution in [0.4, 0.5) is 0 Å². The van der Waals surface area contributed by atoms with Crippen molar-refractivity contribution >= 4 is 50.7 Å². The fourth-order valence-corrected chi connectivity index (χ4v) is 4.07. The summed E-state index contributed by atoms with van der Waals surface area (Å²) in [6.45, 7) is 0. The average Bonchev–Trinajstić information content (AvgIpc) is 3.04. The first-order valence-corrected chi connectivity index (χ1v) is 8.34. The molecule has 2 aromatic rings. The zero-order chi connectivity index (χ0) is 15.2. The minimum atomic E-state index is -0.790. The minimum absolute atomic E-state index is 0.0581. The molecule has 0 aliphatic heterocycles. The van der Waals surface area contributed by atoms with E-state index in [-0.39, 0.29) is 11.8 Å². The van der Waals surface area contributed by atoms with Gasteiger partial charge in [-0.15, -0.1) is 23.2 Å². The van der Waals surface area contributed by atoms with Gasteiger partial charge in [0, 0.05) is 16.3 Å².